The van der Waals surface area contributed by atoms with Gasteiger partial charge in [0, 0.05) is 51.3 Å². The molecule has 18 nitrogen and oxygen atoms in total. The highest BCUT2D eigenvalue weighted by molar-refractivity contribution is 5.82. The molecule has 2 amide bonds. The molecule has 280 valence electrons. The van der Waals surface area contributed by atoms with E-state index in [-0.39, 0.29) is 48.7 Å². The zero-order valence-electron chi connectivity index (χ0n) is 29.2. The Balaban J connectivity index is 1.10. The number of carbonyl (C=O) groups is 3. The van der Waals surface area contributed by atoms with Crippen LogP contribution in [0.3, 0.4) is 0 Å². The van der Waals surface area contributed by atoms with Crippen molar-refractivity contribution in [2.24, 2.45) is 0 Å². The van der Waals surface area contributed by atoms with Crippen molar-refractivity contribution in [1.82, 2.24) is 34.6 Å². The predicted molar refractivity (Wildman–Crippen MR) is 185 cm³/mol. The van der Waals surface area contributed by atoms with Crippen LogP contribution >= 0.6 is 0 Å². The molecule has 1 saturated heterocycles. The van der Waals surface area contributed by atoms with Gasteiger partial charge in [-0.15, -0.1) is 0 Å². The van der Waals surface area contributed by atoms with E-state index in [4.69, 9.17) is 34.5 Å². The molecule has 2 aromatic heterocycles. The average molecular weight is 717 g/mol. The van der Waals surface area contributed by atoms with E-state index < -0.39 is 5.97 Å². The maximum absolute atomic E-state index is 12.8. The number of aromatic amines is 1. The number of H-pyrrole nitrogens is 1. The van der Waals surface area contributed by atoms with E-state index >= 15 is 0 Å². The lowest BCUT2D eigenvalue weighted by molar-refractivity contribution is -0.138. The molecule has 0 bridgehead atoms. The number of nitrogens with one attached hydrogen (secondary N) is 2. The Morgan fingerprint density at radius 2 is 1.65 bits per heavy atom. The molecule has 51 heavy (non-hydrogen) atoms. The molecule has 3 aromatic rings. The third-order valence-electron chi connectivity index (χ3n) is 8.05. The minimum atomic E-state index is -1.01. The molecule has 1 fully saturated rings. The summed E-state index contributed by atoms with van der Waals surface area (Å²) < 4.78 is 28.9. The molecule has 0 atom stereocenters. The minimum Gasteiger partial charge on any atom is -0.496 e. The van der Waals surface area contributed by atoms with Gasteiger partial charge in [0.1, 0.15) is 11.3 Å². The number of fused-ring (bicyclic) bond motifs is 1. The van der Waals surface area contributed by atoms with Crippen molar-refractivity contribution >= 4 is 34.8 Å². The highest BCUT2D eigenvalue weighted by Crippen LogP contribution is 2.25. The molecule has 1 aromatic carbocycles. The summed E-state index contributed by atoms with van der Waals surface area (Å²) in [5.74, 6) is -0.503. The number of aromatic nitrogens is 4. The van der Waals surface area contributed by atoms with Crippen LogP contribution in [-0.2, 0) is 41.7 Å². The summed E-state index contributed by atoms with van der Waals surface area (Å²) in [6.07, 6.45) is 0.0438. The summed E-state index contributed by atoms with van der Waals surface area (Å²) in [6, 6.07) is 6.01. The first-order chi connectivity index (χ1) is 24.7. The van der Waals surface area contributed by atoms with Crippen molar-refractivity contribution in [3.8, 4) is 11.8 Å². The van der Waals surface area contributed by atoms with Gasteiger partial charge in [-0.2, -0.15) is 9.97 Å². The van der Waals surface area contributed by atoms with Crippen LogP contribution in [0.2, 0.25) is 0 Å². The van der Waals surface area contributed by atoms with Crippen LogP contribution < -0.4 is 26.2 Å². The zero-order valence-corrected chi connectivity index (χ0v) is 29.2. The molecular formula is C33H48N8O10. The van der Waals surface area contributed by atoms with Gasteiger partial charge in [-0.25, -0.2) is 4.79 Å². The Morgan fingerprint density at radius 3 is 2.33 bits per heavy atom. The Kier molecular flexibility index (Phi) is 15.4. The second kappa shape index (κ2) is 20.2. The SMILES string of the molecule is CCOc1nc(N)c2[nH]c(=O)n(Cc3ccc(CN4CCN(C(=O)CCOCCOCCOCCNC(=O)CCC(=O)O)CC4)cc3OC)c2n1. The number of carbonyl (C=O) groups excluding carboxylic acids is 2. The van der Waals surface area contributed by atoms with Gasteiger partial charge in [0.2, 0.25) is 11.8 Å². The molecule has 0 aliphatic carbocycles. The number of nitrogen functional groups attached to an aromatic ring is 1. The summed E-state index contributed by atoms with van der Waals surface area (Å²) in [7, 11) is 1.59. The third-order valence-corrected chi connectivity index (χ3v) is 8.05. The van der Waals surface area contributed by atoms with E-state index in [2.05, 4.69) is 25.2 Å². The second-order valence-corrected chi connectivity index (χ2v) is 11.7. The molecule has 5 N–H and O–H groups in total. The molecule has 0 unspecified atom stereocenters. The van der Waals surface area contributed by atoms with Crippen LogP contribution in [-0.4, -0.2) is 138 Å². The van der Waals surface area contributed by atoms with Crippen molar-refractivity contribution in [2.75, 3.05) is 91.8 Å². The Hall–Kier alpha value is -4.78. The molecule has 1 aliphatic rings. The molecule has 0 saturated carbocycles. The van der Waals surface area contributed by atoms with Crippen molar-refractivity contribution in [1.29, 1.82) is 0 Å². The lowest BCUT2D eigenvalue weighted by atomic mass is 10.1. The largest absolute Gasteiger partial charge is 0.496 e. The molecule has 4 rings (SSSR count). The first-order valence-electron chi connectivity index (χ1n) is 16.9. The maximum atomic E-state index is 12.8. The number of amides is 2. The first kappa shape index (κ1) is 39.0. The van der Waals surface area contributed by atoms with Gasteiger partial charge >= 0.3 is 17.7 Å². The van der Waals surface area contributed by atoms with Crippen LogP contribution in [0.15, 0.2) is 23.0 Å². The fourth-order valence-electron chi connectivity index (χ4n) is 5.40. The number of imidazole rings is 1. The van der Waals surface area contributed by atoms with Crippen LogP contribution in [0.5, 0.6) is 11.8 Å². The zero-order chi connectivity index (χ0) is 36.6. The average Bonchev–Trinajstić information content (AvgIpc) is 3.43. The van der Waals surface area contributed by atoms with E-state index in [1.54, 1.807) is 7.11 Å². The maximum Gasteiger partial charge on any atom is 0.328 e. The smallest absolute Gasteiger partial charge is 0.328 e. The molecule has 3 heterocycles. The van der Waals surface area contributed by atoms with Gasteiger partial charge in [-0.3, -0.25) is 23.9 Å². The minimum absolute atomic E-state index is 0.0537. The summed E-state index contributed by atoms with van der Waals surface area (Å²) in [4.78, 5) is 62.7. The number of hydrogen-bond donors (Lipinski definition) is 4. The Bertz CT molecular complexity index is 1650. The number of carboxylic acid groups (broad SMARTS) is 1. The van der Waals surface area contributed by atoms with Gasteiger partial charge in [0.05, 0.1) is 72.7 Å². The molecular weight excluding hydrogens is 668 g/mol. The lowest BCUT2D eigenvalue weighted by Gasteiger charge is -2.35. The third kappa shape index (κ3) is 12.2. The quantitative estimate of drug-likeness (QED) is 0.102. The fraction of sp³-hybridized carbons (Fsp3) is 0.576. The van der Waals surface area contributed by atoms with Gasteiger partial charge in [-0.1, -0.05) is 12.1 Å². The summed E-state index contributed by atoms with van der Waals surface area (Å²) >= 11 is 0. The highest BCUT2D eigenvalue weighted by Gasteiger charge is 2.22. The number of benzene rings is 1. The van der Waals surface area contributed by atoms with E-state index in [0.29, 0.717) is 95.8 Å². The van der Waals surface area contributed by atoms with Gasteiger partial charge in [-0.05, 0) is 18.6 Å². The highest BCUT2D eigenvalue weighted by atomic mass is 16.5. The number of anilines is 1. The number of carboxylic acids is 1. The van der Waals surface area contributed by atoms with Gasteiger partial charge in [0.25, 0.3) is 0 Å². The first-order valence-corrected chi connectivity index (χ1v) is 16.9. The van der Waals surface area contributed by atoms with E-state index in [0.717, 1.165) is 24.2 Å². The number of piperazine rings is 1. The summed E-state index contributed by atoms with van der Waals surface area (Å²) in [6.45, 7) is 8.16. The van der Waals surface area contributed by atoms with Crippen LogP contribution in [0.25, 0.3) is 11.2 Å². The molecule has 18 heteroatoms. The Labute approximate surface area is 295 Å². The number of nitrogens with zero attached hydrogens (tertiary/aromatic N) is 5. The van der Waals surface area contributed by atoms with Gasteiger partial charge < -0.3 is 49.7 Å². The Morgan fingerprint density at radius 1 is 0.941 bits per heavy atom. The molecule has 0 radical (unpaired) electrons. The predicted octanol–water partition coefficient (Wildman–Crippen LogP) is 0.223. The topological polar surface area (TPSA) is 226 Å². The van der Waals surface area contributed by atoms with E-state index in [1.807, 2.05) is 30.0 Å². The van der Waals surface area contributed by atoms with Crippen molar-refractivity contribution in [3.63, 3.8) is 0 Å². The van der Waals surface area contributed by atoms with Crippen LogP contribution in [0.1, 0.15) is 37.3 Å². The number of rotatable bonds is 22. The molecule has 1 aliphatic heterocycles. The van der Waals surface area contributed by atoms with Crippen molar-refractivity contribution in [3.05, 3.63) is 39.8 Å². The van der Waals surface area contributed by atoms with Crippen molar-refractivity contribution in [2.45, 2.75) is 39.3 Å². The summed E-state index contributed by atoms with van der Waals surface area (Å²) in [5.41, 5.74) is 8.21. The van der Waals surface area contributed by atoms with Gasteiger partial charge in [0.15, 0.2) is 11.5 Å². The normalized spacial score (nSPS) is 13.4. The summed E-state index contributed by atoms with van der Waals surface area (Å²) in [5, 5.41) is 11.2. The number of methoxy groups -OCH3 is 1. The van der Waals surface area contributed by atoms with E-state index in [9.17, 15) is 19.2 Å². The number of hydrogen-bond acceptors (Lipinski definition) is 13. The van der Waals surface area contributed by atoms with Crippen LogP contribution in [0.4, 0.5) is 5.82 Å². The van der Waals surface area contributed by atoms with Crippen LogP contribution in [0, 0.1) is 0 Å². The number of nitrogens with two attached hydrogens (primary N) is 1. The second-order valence-electron chi connectivity index (χ2n) is 11.7. The molecule has 0 spiro atoms. The number of aliphatic carboxylic acids is 1. The number of ether oxygens (including phenoxy) is 5. The fourth-order valence-corrected chi connectivity index (χ4v) is 5.40. The monoisotopic (exact) mass is 716 g/mol. The lowest BCUT2D eigenvalue weighted by Crippen LogP contribution is -2.48. The van der Waals surface area contributed by atoms with E-state index in [1.165, 1.54) is 4.57 Å². The standard InChI is InChI=1S/C33H48N8O10/c1-3-51-32-37-30(34)29-31(38-32)41(33(46)36-29)22-24-5-4-23(20-25(24)47-2)21-39-10-12-40(13-11-39)27(43)8-14-48-16-18-50-19-17-49-15-9-35-26(42)6-7-28(44)45/h4-5,20H,3,6-19,21-22H2,1-2H3,(H,35,42)(H,36,46)(H,44,45)(H2,34,37,38). The van der Waals surface area contributed by atoms with Crippen molar-refractivity contribution < 1.29 is 43.2 Å².